The average Bonchev–Trinajstić information content (AvgIpc) is 2.48. The highest BCUT2D eigenvalue weighted by Gasteiger charge is 2.06. The van der Waals surface area contributed by atoms with Gasteiger partial charge in [0, 0.05) is 6.54 Å². The molecular weight excluding hydrogens is 297 g/mol. The molecule has 0 aliphatic carbocycles. The fraction of sp³-hybridized carbons (Fsp3) is 0.200. The van der Waals surface area contributed by atoms with Gasteiger partial charge in [0.2, 0.25) is 0 Å². The van der Waals surface area contributed by atoms with Gasteiger partial charge < -0.3 is 15.2 Å². The molecule has 0 aromatic heterocycles. The van der Waals surface area contributed by atoms with Gasteiger partial charge in [-0.05, 0) is 35.4 Å². The summed E-state index contributed by atoms with van der Waals surface area (Å²) in [5.74, 6) is 1.32. The third kappa shape index (κ3) is 3.57. The Labute approximate surface area is 128 Å². The van der Waals surface area contributed by atoms with Gasteiger partial charge in [-0.25, -0.2) is 0 Å². The van der Waals surface area contributed by atoms with Gasteiger partial charge >= 0.3 is 0 Å². The number of methoxy groups -OCH3 is 1. The summed E-state index contributed by atoms with van der Waals surface area (Å²) < 4.78 is 11.0. The highest BCUT2D eigenvalue weighted by Crippen LogP contribution is 2.29. The first-order valence-corrected chi connectivity index (χ1v) is 6.83. The zero-order chi connectivity index (χ0) is 14.5. The van der Waals surface area contributed by atoms with Crippen molar-refractivity contribution in [3.05, 3.63) is 57.6 Å². The van der Waals surface area contributed by atoms with E-state index in [1.807, 2.05) is 24.3 Å². The molecule has 0 saturated heterocycles. The van der Waals surface area contributed by atoms with Gasteiger partial charge in [-0.1, -0.05) is 35.3 Å². The molecule has 0 radical (unpaired) electrons. The molecule has 20 heavy (non-hydrogen) atoms. The van der Waals surface area contributed by atoms with Gasteiger partial charge in [-0.2, -0.15) is 0 Å². The van der Waals surface area contributed by atoms with Crippen LogP contribution in [0.4, 0.5) is 0 Å². The van der Waals surface area contributed by atoms with E-state index < -0.39 is 0 Å². The Balaban J connectivity index is 2.15. The summed E-state index contributed by atoms with van der Waals surface area (Å²) in [5, 5.41) is 1.04. The Hall–Kier alpha value is -1.42. The molecule has 0 unspecified atom stereocenters. The Morgan fingerprint density at radius 1 is 0.950 bits per heavy atom. The molecule has 0 amide bonds. The molecule has 0 saturated carbocycles. The summed E-state index contributed by atoms with van der Waals surface area (Å²) in [6, 6.07) is 11.0. The van der Waals surface area contributed by atoms with Gasteiger partial charge in [0.15, 0.2) is 11.5 Å². The topological polar surface area (TPSA) is 44.5 Å². The molecule has 0 aliphatic rings. The zero-order valence-electron chi connectivity index (χ0n) is 11.0. The number of nitrogens with two attached hydrogens (primary N) is 1. The monoisotopic (exact) mass is 311 g/mol. The van der Waals surface area contributed by atoms with Crippen LogP contribution in [-0.2, 0) is 13.2 Å². The Morgan fingerprint density at radius 3 is 2.35 bits per heavy atom. The van der Waals surface area contributed by atoms with E-state index in [9.17, 15) is 0 Å². The minimum atomic E-state index is 0.376. The van der Waals surface area contributed by atoms with Gasteiger partial charge in [0.25, 0.3) is 0 Å². The molecule has 0 heterocycles. The summed E-state index contributed by atoms with van der Waals surface area (Å²) in [7, 11) is 1.60. The number of halogens is 2. The summed E-state index contributed by atoms with van der Waals surface area (Å²) in [6.45, 7) is 0.828. The van der Waals surface area contributed by atoms with Crippen molar-refractivity contribution in [3.8, 4) is 11.5 Å². The van der Waals surface area contributed by atoms with Crippen LogP contribution in [0, 0.1) is 0 Å². The Morgan fingerprint density at radius 2 is 1.70 bits per heavy atom. The smallest absolute Gasteiger partial charge is 0.161 e. The van der Waals surface area contributed by atoms with Crippen LogP contribution >= 0.6 is 23.2 Å². The molecule has 0 bridgehead atoms. The van der Waals surface area contributed by atoms with E-state index in [1.54, 1.807) is 19.2 Å². The lowest BCUT2D eigenvalue weighted by molar-refractivity contribution is 0.284. The molecule has 3 nitrogen and oxygen atoms in total. The van der Waals surface area contributed by atoms with Crippen LogP contribution in [0.3, 0.4) is 0 Å². The number of ether oxygens (including phenoxy) is 2. The second-order valence-corrected chi connectivity index (χ2v) is 5.04. The second-order valence-electron chi connectivity index (χ2n) is 4.23. The first kappa shape index (κ1) is 15.0. The van der Waals surface area contributed by atoms with Crippen LogP contribution in [-0.4, -0.2) is 7.11 Å². The molecule has 5 heteroatoms. The van der Waals surface area contributed by atoms with Crippen molar-refractivity contribution in [2.45, 2.75) is 13.2 Å². The molecule has 0 atom stereocenters. The second kappa shape index (κ2) is 6.84. The lowest BCUT2D eigenvalue weighted by Crippen LogP contribution is -2.01. The lowest BCUT2D eigenvalue weighted by atomic mass is 10.2. The molecule has 0 fully saturated rings. The van der Waals surface area contributed by atoms with Crippen molar-refractivity contribution in [3.63, 3.8) is 0 Å². The summed E-state index contributed by atoms with van der Waals surface area (Å²) in [4.78, 5) is 0. The first-order valence-electron chi connectivity index (χ1n) is 6.07. The van der Waals surface area contributed by atoms with E-state index in [0.29, 0.717) is 34.7 Å². The van der Waals surface area contributed by atoms with E-state index >= 15 is 0 Å². The quantitative estimate of drug-likeness (QED) is 0.906. The zero-order valence-corrected chi connectivity index (χ0v) is 12.5. The van der Waals surface area contributed by atoms with Gasteiger partial charge in [0.05, 0.1) is 17.2 Å². The van der Waals surface area contributed by atoms with Crippen molar-refractivity contribution in [2.75, 3.05) is 7.11 Å². The maximum absolute atomic E-state index is 5.97. The summed E-state index contributed by atoms with van der Waals surface area (Å²) >= 11 is 11.9. The normalized spacial score (nSPS) is 10.4. The van der Waals surface area contributed by atoms with Crippen LogP contribution in [0.25, 0.3) is 0 Å². The van der Waals surface area contributed by atoms with E-state index in [-0.39, 0.29) is 0 Å². The molecule has 2 N–H and O–H groups in total. The fourth-order valence-electron chi connectivity index (χ4n) is 1.75. The van der Waals surface area contributed by atoms with Gasteiger partial charge in [-0.3, -0.25) is 0 Å². The first-order chi connectivity index (χ1) is 9.63. The molecule has 0 spiro atoms. The third-order valence-electron chi connectivity index (χ3n) is 2.84. The van der Waals surface area contributed by atoms with Crippen molar-refractivity contribution in [1.82, 2.24) is 0 Å². The number of benzene rings is 2. The summed E-state index contributed by atoms with van der Waals surface area (Å²) in [5.41, 5.74) is 7.54. The average molecular weight is 312 g/mol. The van der Waals surface area contributed by atoms with E-state index in [4.69, 9.17) is 38.4 Å². The highest BCUT2D eigenvalue weighted by molar-refractivity contribution is 6.42. The minimum Gasteiger partial charge on any atom is -0.493 e. The Bertz CT molecular complexity index is 602. The van der Waals surface area contributed by atoms with E-state index in [2.05, 4.69) is 0 Å². The third-order valence-corrected chi connectivity index (χ3v) is 3.58. The highest BCUT2D eigenvalue weighted by atomic mass is 35.5. The van der Waals surface area contributed by atoms with Crippen LogP contribution in [0.2, 0.25) is 10.0 Å². The molecule has 106 valence electrons. The molecule has 0 aliphatic heterocycles. The van der Waals surface area contributed by atoms with Crippen LogP contribution < -0.4 is 15.2 Å². The largest absolute Gasteiger partial charge is 0.493 e. The SMILES string of the molecule is COc1ccc(CN)cc1OCc1ccc(Cl)c(Cl)c1. The predicted molar refractivity (Wildman–Crippen MR) is 81.7 cm³/mol. The lowest BCUT2D eigenvalue weighted by Gasteiger charge is -2.12. The Kier molecular flexibility index (Phi) is 5.12. The van der Waals surface area contributed by atoms with Crippen LogP contribution in [0.15, 0.2) is 36.4 Å². The van der Waals surface area contributed by atoms with Gasteiger partial charge in [-0.15, -0.1) is 0 Å². The molecule has 2 aromatic rings. The van der Waals surface area contributed by atoms with Gasteiger partial charge in [0.1, 0.15) is 6.61 Å². The molecular formula is C15H15Cl2NO2. The molecule has 2 aromatic carbocycles. The number of hydrogen-bond acceptors (Lipinski definition) is 3. The fourth-order valence-corrected chi connectivity index (χ4v) is 2.07. The standard InChI is InChI=1S/C15H15Cl2NO2/c1-19-14-5-3-10(8-18)7-15(14)20-9-11-2-4-12(16)13(17)6-11/h2-7H,8-9,18H2,1H3. The summed E-state index contributed by atoms with van der Waals surface area (Å²) in [6.07, 6.45) is 0. The number of hydrogen-bond donors (Lipinski definition) is 1. The van der Waals surface area contributed by atoms with E-state index in [1.165, 1.54) is 0 Å². The van der Waals surface area contributed by atoms with Crippen molar-refractivity contribution < 1.29 is 9.47 Å². The minimum absolute atomic E-state index is 0.376. The van der Waals surface area contributed by atoms with Crippen molar-refractivity contribution in [1.29, 1.82) is 0 Å². The van der Waals surface area contributed by atoms with Crippen molar-refractivity contribution in [2.24, 2.45) is 5.73 Å². The van der Waals surface area contributed by atoms with Crippen LogP contribution in [0.5, 0.6) is 11.5 Å². The van der Waals surface area contributed by atoms with Crippen LogP contribution in [0.1, 0.15) is 11.1 Å². The maximum Gasteiger partial charge on any atom is 0.161 e. The van der Waals surface area contributed by atoms with E-state index in [0.717, 1.165) is 11.1 Å². The van der Waals surface area contributed by atoms with Crippen molar-refractivity contribution >= 4 is 23.2 Å². The maximum atomic E-state index is 5.97. The molecule has 2 rings (SSSR count). The predicted octanol–water partition coefficient (Wildman–Crippen LogP) is 4.04. The number of rotatable bonds is 5.